The number of rotatable bonds is 6. The predicted molar refractivity (Wildman–Crippen MR) is 59.8 cm³/mol. The highest BCUT2D eigenvalue weighted by molar-refractivity contribution is 4.68. The minimum absolute atomic E-state index is 0.305. The van der Waals surface area contributed by atoms with Crippen molar-refractivity contribution in [3.8, 4) is 0 Å². The molecule has 0 amide bonds. The first-order chi connectivity index (χ1) is 5.97. The largest absolute Gasteiger partial charge is 0.328 e. The molecule has 2 N–H and O–H groups in total. The van der Waals surface area contributed by atoms with Gasteiger partial charge in [0.1, 0.15) is 0 Å². The van der Waals surface area contributed by atoms with E-state index >= 15 is 0 Å². The molecule has 0 fully saturated rings. The van der Waals surface area contributed by atoms with E-state index in [4.69, 9.17) is 5.73 Å². The fraction of sp³-hybridized carbons (Fsp3) is 1.00. The minimum atomic E-state index is 0.305. The summed E-state index contributed by atoms with van der Waals surface area (Å²) in [6, 6.07) is 0.305. The lowest BCUT2D eigenvalue weighted by Crippen LogP contribution is -2.36. The van der Waals surface area contributed by atoms with E-state index in [9.17, 15) is 0 Å². The zero-order valence-electron chi connectivity index (χ0n) is 9.88. The first-order valence-corrected chi connectivity index (χ1v) is 5.41. The molecule has 0 spiro atoms. The van der Waals surface area contributed by atoms with E-state index in [0.717, 1.165) is 12.5 Å². The normalized spacial score (nSPS) is 18.7. The first kappa shape index (κ1) is 12.9. The predicted octanol–water partition coefficient (Wildman–Crippen LogP) is 1.95. The highest BCUT2D eigenvalue weighted by Gasteiger charge is 2.11. The van der Waals surface area contributed by atoms with Gasteiger partial charge >= 0.3 is 0 Å². The van der Waals surface area contributed by atoms with Crippen LogP contribution in [0.3, 0.4) is 0 Å². The summed E-state index contributed by atoms with van der Waals surface area (Å²) in [5, 5.41) is 0. The Hall–Kier alpha value is -0.0800. The quantitative estimate of drug-likeness (QED) is 0.687. The van der Waals surface area contributed by atoms with Crippen molar-refractivity contribution in [3.05, 3.63) is 0 Å². The van der Waals surface area contributed by atoms with E-state index in [1.54, 1.807) is 0 Å². The van der Waals surface area contributed by atoms with Crippen molar-refractivity contribution in [1.82, 2.24) is 4.90 Å². The van der Waals surface area contributed by atoms with Crippen molar-refractivity contribution in [1.29, 1.82) is 0 Å². The van der Waals surface area contributed by atoms with Crippen LogP contribution in [0.5, 0.6) is 0 Å². The van der Waals surface area contributed by atoms with Crippen molar-refractivity contribution in [3.63, 3.8) is 0 Å². The Kier molecular flexibility index (Phi) is 6.35. The number of nitrogens with zero attached hydrogens (tertiary/aromatic N) is 1. The zero-order valence-corrected chi connectivity index (χ0v) is 9.88. The molecule has 2 heteroatoms. The number of hydrogen-bond acceptors (Lipinski definition) is 2. The lowest BCUT2D eigenvalue weighted by atomic mass is 10.0. The molecule has 0 aromatic rings. The molecule has 0 radical (unpaired) electrons. The molecule has 0 heterocycles. The summed E-state index contributed by atoms with van der Waals surface area (Å²) < 4.78 is 0. The molecule has 0 saturated carbocycles. The number of hydrogen-bond donors (Lipinski definition) is 1. The van der Waals surface area contributed by atoms with Crippen molar-refractivity contribution < 1.29 is 0 Å². The Morgan fingerprint density at radius 3 is 2.08 bits per heavy atom. The maximum absolute atomic E-state index is 5.82. The van der Waals surface area contributed by atoms with E-state index in [1.807, 2.05) is 0 Å². The molecule has 80 valence electrons. The van der Waals surface area contributed by atoms with E-state index in [2.05, 4.69) is 39.6 Å². The lowest BCUT2D eigenvalue weighted by Gasteiger charge is -2.25. The van der Waals surface area contributed by atoms with E-state index in [-0.39, 0.29) is 0 Å². The molecule has 0 bridgehead atoms. The molecule has 0 aliphatic rings. The van der Waals surface area contributed by atoms with Gasteiger partial charge < -0.3 is 10.6 Å². The van der Waals surface area contributed by atoms with E-state index in [1.165, 1.54) is 13.0 Å². The second-order valence-electron chi connectivity index (χ2n) is 4.57. The Morgan fingerprint density at radius 2 is 1.69 bits per heavy atom. The van der Waals surface area contributed by atoms with E-state index in [0.29, 0.717) is 12.0 Å². The third kappa shape index (κ3) is 6.05. The summed E-state index contributed by atoms with van der Waals surface area (Å²) >= 11 is 0. The van der Waals surface area contributed by atoms with Gasteiger partial charge in [-0.15, -0.1) is 0 Å². The van der Waals surface area contributed by atoms with Crippen LogP contribution >= 0.6 is 0 Å². The first-order valence-electron chi connectivity index (χ1n) is 5.41. The van der Waals surface area contributed by atoms with Crippen molar-refractivity contribution >= 4 is 0 Å². The van der Waals surface area contributed by atoms with Gasteiger partial charge in [-0.05, 0) is 25.8 Å². The highest BCUT2D eigenvalue weighted by Crippen LogP contribution is 2.06. The summed E-state index contributed by atoms with van der Waals surface area (Å²) in [6.07, 6.45) is 1.26. The Morgan fingerprint density at radius 1 is 1.15 bits per heavy atom. The molecule has 0 aromatic heterocycles. The van der Waals surface area contributed by atoms with Gasteiger partial charge in [-0.1, -0.05) is 27.2 Å². The Labute approximate surface area is 83.5 Å². The molecule has 13 heavy (non-hydrogen) atoms. The zero-order chi connectivity index (χ0) is 10.4. The van der Waals surface area contributed by atoms with Crippen molar-refractivity contribution in [2.24, 2.45) is 17.6 Å². The van der Waals surface area contributed by atoms with Gasteiger partial charge in [0, 0.05) is 19.1 Å². The maximum Gasteiger partial charge on any atom is 0.00483 e. The summed E-state index contributed by atoms with van der Waals surface area (Å²) in [6.45, 7) is 11.1. The van der Waals surface area contributed by atoms with Crippen LogP contribution in [0, 0.1) is 11.8 Å². The fourth-order valence-electron chi connectivity index (χ4n) is 1.39. The maximum atomic E-state index is 5.82. The summed E-state index contributed by atoms with van der Waals surface area (Å²) in [5.74, 6) is 1.39. The molecule has 0 aliphatic heterocycles. The fourth-order valence-corrected chi connectivity index (χ4v) is 1.39. The highest BCUT2D eigenvalue weighted by atomic mass is 15.1. The van der Waals surface area contributed by atoms with Crippen molar-refractivity contribution in [2.45, 2.75) is 40.2 Å². The smallest absolute Gasteiger partial charge is 0.00483 e. The van der Waals surface area contributed by atoms with Crippen LogP contribution < -0.4 is 5.73 Å². The molecule has 0 aromatic carbocycles. The van der Waals surface area contributed by atoms with Gasteiger partial charge in [0.25, 0.3) is 0 Å². The third-order valence-electron chi connectivity index (χ3n) is 2.82. The summed E-state index contributed by atoms with van der Waals surface area (Å²) in [4.78, 5) is 2.39. The SMILES string of the molecule is CCC(C)CN(C)CC(C)C(C)N. The summed E-state index contributed by atoms with van der Waals surface area (Å²) in [5.41, 5.74) is 5.82. The molecule has 2 nitrogen and oxygen atoms in total. The molecular formula is C11H26N2. The van der Waals surface area contributed by atoms with Crippen LogP contribution in [0.4, 0.5) is 0 Å². The molecular weight excluding hydrogens is 160 g/mol. The molecule has 0 saturated heterocycles. The second kappa shape index (κ2) is 6.39. The minimum Gasteiger partial charge on any atom is -0.328 e. The Balaban J connectivity index is 3.67. The second-order valence-corrected chi connectivity index (χ2v) is 4.57. The Bertz CT molecular complexity index is 123. The van der Waals surface area contributed by atoms with Crippen LogP contribution in [-0.4, -0.2) is 31.1 Å². The van der Waals surface area contributed by atoms with Gasteiger partial charge in [0.2, 0.25) is 0 Å². The molecule has 3 unspecified atom stereocenters. The van der Waals surface area contributed by atoms with Crippen LogP contribution in [0.15, 0.2) is 0 Å². The average Bonchev–Trinajstić information content (AvgIpc) is 2.03. The molecule has 0 aliphatic carbocycles. The van der Waals surface area contributed by atoms with Crippen LogP contribution in [0.25, 0.3) is 0 Å². The lowest BCUT2D eigenvalue weighted by molar-refractivity contribution is 0.236. The van der Waals surface area contributed by atoms with Crippen LogP contribution in [-0.2, 0) is 0 Å². The van der Waals surface area contributed by atoms with Crippen LogP contribution in [0.2, 0.25) is 0 Å². The topological polar surface area (TPSA) is 29.3 Å². The van der Waals surface area contributed by atoms with Gasteiger partial charge in [-0.2, -0.15) is 0 Å². The average molecular weight is 186 g/mol. The van der Waals surface area contributed by atoms with Gasteiger partial charge in [0.15, 0.2) is 0 Å². The molecule has 3 atom stereocenters. The third-order valence-corrected chi connectivity index (χ3v) is 2.82. The molecule has 0 rings (SSSR count). The number of nitrogens with two attached hydrogens (primary N) is 1. The standard InChI is InChI=1S/C11H26N2/c1-6-9(2)7-13(5)8-10(3)11(4)12/h9-11H,6-8,12H2,1-5H3. The summed E-state index contributed by atoms with van der Waals surface area (Å²) in [7, 11) is 2.19. The van der Waals surface area contributed by atoms with Crippen molar-refractivity contribution in [2.75, 3.05) is 20.1 Å². The van der Waals surface area contributed by atoms with Gasteiger partial charge in [-0.3, -0.25) is 0 Å². The van der Waals surface area contributed by atoms with Gasteiger partial charge in [-0.25, -0.2) is 0 Å². The van der Waals surface area contributed by atoms with Gasteiger partial charge in [0.05, 0.1) is 0 Å². The van der Waals surface area contributed by atoms with E-state index < -0.39 is 0 Å². The monoisotopic (exact) mass is 186 g/mol. The van der Waals surface area contributed by atoms with Crippen LogP contribution in [0.1, 0.15) is 34.1 Å².